The summed E-state index contributed by atoms with van der Waals surface area (Å²) in [5.74, 6) is 1.48. The molecule has 0 saturated carbocycles. The average molecular weight is 400 g/mol. The molecule has 4 rings (SSSR count). The molecule has 8 heteroatoms. The smallest absolute Gasteiger partial charge is 0.138 e. The number of halogens is 2. The number of ether oxygens (including phenoxy) is 1. The molecule has 1 aromatic carbocycles. The number of nitrogens with zero attached hydrogens (tertiary/aromatic N) is 4. The van der Waals surface area contributed by atoms with Gasteiger partial charge in [0.25, 0.3) is 0 Å². The molecule has 3 heterocycles. The number of nitrogens with one attached hydrogen (secondary N) is 1. The average Bonchev–Trinajstić information content (AvgIpc) is 3.00. The first-order valence-electron chi connectivity index (χ1n) is 8.17. The van der Waals surface area contributed by atoms with Gasteiger partial charge in [-0.05, 0) is 41.8 Å². The SMILES string of the molecule is Cn1ncc(COc2ccc3c(Nc4ccc(Cl)nc4)nccc3c2)c1Cl. The van der Waals surface area contributed by atoms with Crippen molar-refractivity contribution in [2.75, 3.05) is 5.32 Å². The lowest BCUT2D eigenvalue weighted by molar-refractivity contribution is 0.306. The van der Waals surface area contributed by atoms with Gasteiger partial charge in [0.15, 0.2) is 0 Å². The number of pyridine rings is 2. The molecule has 0 fully saturated rings. The van der Waals surface area contributed by atoms with Crippen molar-refractivity contribution in [3.8, 4) is 5.75 Å². The van der Waals surface area contributed by atoms with E-state index in [2.05, 4.69) is 20.4 Å². The number of anilines is 2. The summed E-state index contributed by atoms with van der Waals surface area (Å²) in [5.41, 5.74) is 1.65. The molecule has 0 aliphatic heterocycles. The van der Waals surface area contributed by atoms with Gasteiger partial charge >= 0.3 is 0 Å². The van der Waals surface area contributed by atoms with Gasteiger partial charge in [-0.15, -0.1) is 0 Å². The maximum atomic E-state index is 6.17. The summed E-state index contributed by atoms with van der Waals surface area (Å²) in [6, 6.07) is 11.3. The molecule has 6 nitrogen and oxygen atoms in total. The van der Waals surface area contributed by atoms with Gasteiger partial charge in [0, 0.05) is 24.2 Å². The molecule has 1 N–H and O–H groups in total. The fraction of sp³-hybridized carbons (Fsp3) is 0.105. The van der Waals surface area contributed by atoms with Crippen LogP contribution in [0.1, 0.15) is 5.56 Å². The van der Waals surface area contributed by atoms with Crippen molar-refractivity contribution in [1.82, 2.24) is 19.7 Å². The molecule has 0 aliphatic rings. The van der Waals surface area contributed by atoms with Crippen molar-refractivity contribution in [1.29, 1.82) is 0 Å². The van der Waals surface area contributed by atoms with Gasteiger partial charge in [-0.25, -0.2) is 9.97 Å². The predicted molar refractivity (Wildman–Crippen MR) is 107 cm³/mol. The minimum atomic E-state index is 0.352. The van der Waals surface area contributed by atoms with Crippen LogP contribution in [-0.2, 0) is 13.7 Å². The third-order valence-corrected chi connectivity index (χ3v) is 4.77. The van der Waals surface area contributed by atoms with Crippen molar-refractivity contribution in [2.24, 2.45) is 7.05 Å². The molecule has 0 unspecified atom stereocenters. The number of benzene rings is 1. The van der Waals surface area contributed by atoms with Crippen LogP contribution >= 0.6 is 23.2 Å². The van der Waals surface area contributed by atoms with Crippen LogP contribution in [0, 0.1) is 0 Å². The van der Waals surface area contributed by atoms with Crippen molar-refractivity contribution in [3.05, 3.63) is 70.9 Å². The highest BCUT2D eigenvalue weighted by Gasteiger charge is 2.08. The Labute approximate surface area is 165 Å². The van der Waals surface area contributed by atoms with E-state index in [0.29, 0.717) is 16.9 Å². The van der Waals surface area contributed by atoms with E-state index in [1.807, 2.05) is 30.3 Å². The number of hydrogen-bond donors (Lipinski definition) is 1. The van der Waals surface area contributed by atoms with Crippen LogP contribution in [0.2, 0.25) is 10.3 Å². The van der Waals surface area contributed by atoms with E-state index in [-0.39, 0.29) is 0 Å². The predicted octanol–water partition coefficient (Wildman–Crippen LogP) is 4.99. The van der Waals surface area contributed by atoms with Gasteiger partial charge in [0.2, 0.25) is 0 Å². The fourth-order valence-electron chi connectivity index (χ4n) is 2.66. The number of aromatic nitrogens is 4. The normalized spacial score (nSPS) is 10.9. The quantitative estimate of drug-likeness (QED) is 0.478. The lowest BCUT2D eigenvalue weighted by Crippen LogP contribution is -1.97. The lowest BCUT2D eigenvalue weighted by Gasteiger charge is -2.10. The molecular formula is C19H15Cl2N5O. The topological polar surface area (TPSA) is 64.9 Å². The zero-order valence-corrected chi connectivity index (χ0v) is 15.9. The number of hydrogen-bond acceptors (Lipinski definition) is 5. The van der Waals surface area contributed by atoms with Gasteiger partial charge < -0.3 is 10.1 Å². The van der Waals surface area contributed by atoms with Gasteiger partial charge in [-0.1, -0.05) is 23.2 Å². The maximum absolute atomic E-state index is 6.17. The van der Waals surface area contributed by atoms with Crippen molar-refractivity contribution in [3.63, 3.8) is 0 Å². The Kier molecular flexibility index (Phi) is 4.83. The van der Waals surface area contributed by atoms with E-state index in [0.717, 1.165) is 33.6 Å². The first kappa shape index (κ1) is 17.6. The van der Waals surface area contributed by atoms with Crippen LogP contribution in [0.25, 0.3) is 10.8 Å². The lowest BCUT2D eigenvalue weighted by atomic mass is 10.1. The second kappa shape index (κ2) is 7.42. The molecule has 0 spiro atoms. The van der Waals surface area contributed by atoms with Crippen LogP contribution in [-0.4, -0.2) is 19.7 Å². The van der Waals surface area contributed by atoms with Gasteiger partial charge in [0.1, 0.15) is 28.5 Å². The molecule has 0 radical (unpaired) electrons. The highest BCUT2D eigenvalue weighted by Crippen LogP contribution is 2.28. The first-order valence-corrected chi connectivity index (χ1v) is 8.92. The molecular weight excluding hydrogens is 385 g/mol. The standard InChI is InChI=1S/C19H15Cl2N5O/c1-26-18(21)13(9-24-26)11-27-15-3-4-16-12(8-15)6-7-22-19(16)25-14-2-5-17(20)23-10-14/h2-10H,11H2,1H3,(H,22,25). The molecule has 0 atom stereocenters. The summed E-state index contributed by atoms with van der Waals surface area (Å²) < 4.78 is 7.47. The van der Waals surface area contributed by atoms with E-state index in [1.165, 1.54) is 0 Å². The first-order chi connectivity index (χ1) is 13.1. The Balaban J connectivity index is 1.56. The molecule has 4 aromatic rings. The highest BCUT2D eigenvalue weighted by molar-refractivity contribution is 6.30. The monoisotopic (exact) mass is 399 g/mol. The summed E-state index contributed by atoms with van der Waals surface area (Å²) >= 11 is 12.0. The molecule has 0 saturated heterocycles. The Morgan fingerprint density at radius 3 is 2.70 bits per heavy atom. The minimum Gasteiger partial charge on any atom is -0.489 e. The van der Waals surface area contributed by atoms with Gasteiger partial charge in [-0.2, -0.15) is 5.10 Å². The van der Waals surface area contributed by atoms with Crippen molar-refractivity contribution in [2.45, 2.75) is 6.61 Å². The Hall–Kier alpha value is -2.83. The Morgan fingerprint density at radius 2 is 1.96 bits per heavy atom. The van der Waals surface area contributed by atoms with Crippen molar-refractivity contribution >= 4 is 45.5 Å². The minimum absolute atomic E-state index is 0.352. The molecule has 3 aromatic heterocycles. The third-order valence-electron chi connectivity index (χ3n) is 4.06. The van der Waals surface area contributed by atoms with Gasteiger partial charge in [-0.3, -0.25) is 4.68 Å². The van der Waals surface area contributed by atoms with E-state index in [9.17, 15) is 0 Å². The second-order valence-corrected chi connectivity index (χ2v) is 6.66. The van der Waals surface area contributed by atoms with Crippen LogP contribution < -0.4 is 10.1 Å². The summed E-state index contributed by atoms with van der Waals surface area (Å²) in [7, 11) is 1.79. The van der Waals surface area contributed by atoms with Crippen molar-refractivity contribution < 1.29 is 4.74 Å². The van der Waals surface area contributed by atoms with E-state index in [1.54, 1.807) is 36.4 Å². The molecule has 27 heavy (non-hydrogen) atoms. The summed E-state index contributed by atoms with van der Waals surface area (Å²) in [6.45, 7) is 0.352. The van der Waals surface area contributed by atoms with E-state index < -0.39 is 0 Å². The zero-order valence-electron chi connectivity index (χ0n) is 14.4. The molecule has 0 bridgehead atoms. The second-order valence-electron chi connectivity index (χ2n) is 5.91. The van der Waals surface area contributed by atoms with Gasteiger partial charge in [0.05, 0.1) is 18.1 Å². The van der Waals surface area contributed by atoms with Crippen LogP contribution in [0.15, 0.2) is 55.0 Å². The number of rotatable bonds is 5. The molecule has 0 amide bonds. The number of aryl methyl sites for hydroxylation is 1. The Morgan fingerprint density at radius 1 is 1.07 bits per heavy atom. The largest absolute Gasteiger partial charge is 0.489 e. The molecule has 0 aliphatic carbocycles. The van der Waals surface area contributed by atoms with E-state index >= 15 is 0 Å². The van der Waals surface area contributed by atoms with Crippen LogP contribution in [0.4, 0.5) is 11.5 Å². The summed E-state index contributed by atoms with van der Waals surface area (Å²) in [6.07, 6.45) is 5.11. The zero-order chi connectivity index (χ0) is 18.8. The highest BCUT2D eigenvalue weighted by atomic mass is 35.5. The summed E-state index contributed by atoms with van der Waals surface area (Å²) in [4.78, 5) is 8.49. The fourth-order valence-corrected chi connectivity index (χ4v) is 2.92. The Bertz CT molecular complexity index is 1100. The van der Waals surface area contributed by atoms with Crippen LogP contribution in [0.5, 0.6) is 5.75 Å². The maximum Gasteiger partial charge on any atom is 0.138 e. The third kappa shape index (κ3) is 3.82. The van der Waals surface area contributed by atoms with E-state index in [4.69, 9.17) is 27.9 Å². The number of fused-ring (bicyclic) bond motifs is 1. The van der Waals surface area contributed by atoms with Crippen LogP contribution in [0.3, 0.4) is 0 Å². The molecule has 136 valence electrons. The summed E-state index contributed by atoms with van der Waals surface area (Å²) in [5, 5.41) is 10.4.